The topological polar surface area (TPSA) is 75.3 Å². The third-order valence-electron chi connectivity index (χ3n) is 3.36. The smallest absolute Gasteiger partial charge is 0.291 e. The van der Waals surface area contributed by atoms with Crippen LogP contribution in [0, 0.1) is 11.3 Å². The fourth-order valence-electron chi connectivity index (χ4n) is 2.16. The molecule has 2 aromatic carbocycles. The monoisotopic (exact) mass is 352 g/mol. The predicted molar refractivity (Wildman–Crippen MR) is 93.6 cm³/mol. The van der Waals surface area contributed by atoms with E-state index in [9.17, 15) is 4.79 Å². The number of halogens is 1. The molecule has 6 heteroatoms. The van der Waals surface area contributed by atoms with Gasteiger partial charge in [0.05, 0.1) is 11.3 Å². The molecule has 1 aromatic heterocycles. The number of hydrogen-bond acceptors (Lipinski definition) is 4. The van der Waals surface area contributed by atoms with E-state index in [1.165, 1.54) is 0 Å². The molecule has 0 saturated heterocycles. The number of nitriles is 1. The van der Waals surface area contributed by atoms with Crippen LogP contribution in [0.25, 0.3) is 0 Å². The number of ether oxygens (including phenoxy) is 1. The Morgan fingerprint density at radius 2 is 2.00 bits per heavy atom. The second-order valence-electron chi connectivity index (χ2n) is 5.12. The number of carbonyl (C=O) groups is 1. The Labute approximate surface area is 149 Å². The molecular formula is C19H13ClN2O3. The largest absolute Gasteiger partial charge is 0.486 e. The van der Waals surface area contributed by atoms with Gasteiger partial charge in [0, 0.05) is 5.02 Å². The van der Waals surface area contributed by atoms with Gasteiger partial charge in [0.1, 0.15) is 24.2 Å². The summed E-state index contributed by atoms with van der Waals surface area (Å²) in [7, 11) is 0. The molecule has 0 atom stereocenters. The molecule has 0 radical (unpaired) electrons. The molecule has 0 aliphatic rings. The van der Waals surface area contributed by atoms with Crippen molar-refractivity contribution in [2.75, 3.05) is 5.32 Å². The van der Waals surface area contributed by atoms with E-state index in [4.69, 9.17) is 26.0 Å². The average Bonchev–Trinajstić information content (AvgIpc) is 3.10. The third-order valence-corrected chi connectivity index (χ3v) is 3.59. The van der Waals surface area contributed by atoms with Crippen molar-refractivity contribution in [2.24, 2.45) is 0 Å². The Hall–Kier alpha value is -3.23. The van der Waals surface area contributed by atoms with Crippen molar-refractivity contribution in [1.29, 1.82) is 5.26 Å². The first-order valence-electron chi connectivity index (χ1n) is 7.43. The molecule has 3 aromatic rings. The van der Waals surface area contributed by atoms with Gasteiger partial charge in [0.15, 0.2) is 5.76 Å². The normalized spacial score (nSPS) is 10.1. The number of carbonyl (C=O) groups excluding carboxylic acids is 1. The number of rotatable bonds is 5. The van der Waals surface area contributed by atoms with E-state index in [1.807, 2.05) is 6.07 Å². The summed E-state index contributed by atoms with van der Waals surface area (Å²) in [4.78, 5) is 12.2. The van der Waals surface area contributed by atoms with Crippen LogP contribution >= 0.6 is 11.6 Å². The number of benzene rings is 2. The molecule has 1 amide bonds. The quantitative estimate of drug-likeness (QED) is 0.726. The highest BCUT2D eigenvalue weighted by atomic mass is 35.5. The molecule has 1 heterocycles. The molecule has 0 aliphatic carbocycles. The Bertz CT molecular complexity index is 944. The molecule has 0 spiro atoms. The fourth-order valence-corrected chi connectivity index (χ4v) is 2.34. The summed E-state index contributed by atoms with van der Waals surface area (Å²) in [5.41, 5.74) is 0.815. The minimum Gasteiger partial charge on any atom is -0.486 e. The summed E-state index contributed by atoms with van der Waals surface area (Å²) >= 11 is 5.89. The maximum atomic E-state index is 12.2. The lowest BCUT2D eigenvalue weighted by atomic mass is 10.2. The lowest BCUT2D eigenvalue weighted by molar-refractivity contribution is 0.0992. The summed E-state index contributed by atoms with van der Waals surface area (Å²) in [5, 5.41) is 12.3. The molecule has 0 fully saturated rings. The number of hydrogen-bond donors (Lipinski definition) is 1. The molecular weight excluding hydrogens is 340 g/mol. The molecule has 0 aliphatic heterocycles. The van der Waals surface area contributed by atoms with Crippen molar-refractivity contribution >= 4 is 23.2 Å². The van der Waals surface area contributed by atoms with Crippen LogP contribution in [0.5, 0.6) is 5.75 Å². The van der Waals surface area contributed by atoms with Gasteiger partial charge in [0.25, 0.3) is 5.91 Å². The van der Waals surface area contributed by atoms with Crippen molar-refractivity contribution in [3.8, 4) is 11.8 Å². The molecule has 3 rings (SSSR count). The van der Waals surface area contributed by atoms with Gasteiger partial charge in [-0.05, 0) is 42.5 Å². The number of nitrogens with one attached hydrogen (secondary N) is 1. The van der Waals surface area contributed by atoms with Gasteiger partial charge in [-0.3, -0.25) is 4.79 Å². The average molecular weight is 353 g/mol. The van der Waals surface area contributed by atoms with Crippen molar-refractivity contribution in [3.05, 3.63) is 82.8 Å². The lowest BCUT2D eigenvalue weighted by Crippen LogP contribution is -2.11. The molecule has 0 bridgehead atoms. The van der Waals surface area contributed by atoms with E-state index in [-0.39, 0.29) is 12.4 Å². The van der Waals surface area contributed by atoms with E-state index >= 15 is 0 Å². The second kappa shape index (κ2) is 7.56. The van der Waals surface area contributed by atoms with Gasteiger partial charge in [0.2, 0.25) is 0 Å². The van der Waals surface area contributed by atoms with Crippen LogP contribution in [0.1, 0.15) is 21.9 Å². The van der Waals surface area contributed by atoms with Crippen molar-refractivity contribution in [2.45, 2.75) is 6.61 Å². The zero-order chi connectivity index (χ0) is 17.6. The summed E-state index contributed by atoms with van der Waals surface area (Å²) in [6, 6.07) is 19.0. The maximum absolute atomic E-state index is 12.2. The number of amides is 1. The first kappa shape index (κ1) is 16.6. The van der Waals surface area contributed by atoms with E-state index in [1.54, 1.807) is 60.7 Å². The van der Waals surface area contributed by atoms with Gasteiger partial charge in [-0.25, -0.2) is 0 Å². The van der Waals surface area contributed by atoms with Crippen LogP contribution in [0.4, 0.5) is 5.69 Å². The maximum Gasteiger partial charge on any atom is 0.291 e. The van der Waals surface area contributed by atoms with Gasteiger partial charge < -0.3 is 14.5 Å². The number of para-hydroxylation sites is 1. The van der Waals surface area contributed by atoms with Gasteiger partial charge in [-0.2, -0.15) is 5.26 Å². The van der Waals surface area contributed by atoms with Gasteiger partial charge >= 0.3 is 0 Å². The fraction of sp³-hybridized carbons (Fsp3) is 0.0526. The highest BCUT2D eigenvalue weighted by molar-refractivity contribution is 6.30. The molecule has 1 N–H and O–H groups in total. The van der Waals surface area contributed by atoms with Crippen LogP contribution in [0.2, 0.25) is 5.02 Å². The lowest BCUT2D eigenvalue weighted by Gasteiger charge is -2.05. The molecule has 0 unspecified atom stereocenters. The van der Waals surface area contributed by atoms with E-state index < -0.39 is 5.91 Å². The first-order chi connectivity index (χ1) is 12.2. The van der Waals surface area contributed by atoms with Crippen LogP contribution in [0.3, 0.4) is 0 Å². The third kappa shape index (κ3) is 4.19. The van der Waals surface area contributed by atoms with E-state index in [0.717, 1.165) is 0 Å². The Morgan fingerprint density at radius 3 is 2.80 bits per heavy atom. The first-order valence-corrected chi connectivity index (χ1v) is 7.81. The molecule has 5 nitrogen and oxygen atoms in total. The SMILES string of the molecule is N#Cc1ccccc1NC(=O)c1ccc(COc2cccc(Cl)c2)o1. The summed E-state index contributed by atoms with van der Waals surface area (Å²) in [6.45, 7) is 0.169. The molecule has 25 heavy (non-hydrogen) atoms. The Balaban J connectivity index is 1.64. The minimum absolute atomic E-state index is 0.137. The van der Waals surface area contributed by atoms with Crippen LogP contribution in [-0.2, 0) is 6.61 Å². The Kier molecular flexibility index (Phi) is 5.03. The van der Waals surface area contributed by atoms with Crippen LogP contribution in [0.15, 0.2) is 65.1 Å². The zero-order valence-corrected chi connectivity index (χ0v) is 13.8. The predicted octanol–water partition coefficient (Wildman–Crippen LogP) is 4.64. The Morgan fingerprint density at radius 1 is 1.16 bits per heavy atom. The number of nitrogens with zero attached hydrogens (tertiary/aromatic N) is 1. The molecule has 124 valence electrons. The van der Waals surface area contributed by atoms with E-state index in [0.29, 0.717) is 27.8 Å². The minimum atomic E-state index is -0.434. The number of anilines is 1. The highest BCUT2D eigenvalue weighted by Gasteiger charge is 2.13. The van der Waals surface area contributed by atoms with Crippen molar-refractivity contribution < 1.29 is 13.9 Å². The van der Waals surface area contributed by atoms with Gasteiger partial charge in [-0.1, -0.05) is 29.8 Å². The second-order valence-corrected chi connectivity index (χ2v) is 5.56. The van der Waals surface area contributed by atoms with Crippen molar-refractivity contribution in [3.63, 3.8) is 0 Å². The molecule has 0 saturated carbocycles. The van der Waals surface area contributed by atoms with Crippen LogP contribution < -0.4 is 10.1 Å². The number of furan rings is 1. The van der Waals surface area contributed by atoms with Gasteiger partial charge in [-0.15, -0.1) is 0 Å². The standard InChI is InChI=1S/C19H13ClN2O3/c20-14-5-3-6-15(10-14)24-12-16-8-9-18(25-16)19(23)22-17-7-2-1-4-13(17)11-21/h1-10H,12H2,(H,22,23). The summed E-state index contributed by atoms with van der Waals surface area (Å²) in [5.74, 6) is 0.811. The van der Waals surface area contributed by atoms with Crippen molar-refractivity contribution in [1.82, 2.24) is 0 Å². The van der Waals surface area contributed by atoms with E-state index in [2.05, 4.69) is 5.32 Å². The summed E-state index contributed by atoms with van der Waals surface area (Å²) < 4.78 is 11.1. The zero-order valence-electron chi connectivity index (χ0n) is 13.0. The van der Waals surface area contributed by atoms with Crippen LogP contribution in [-0.4, -0.2) is 5.91 Å². The highest BCUT2D eigenvalue weighted by Crippen LogP contribution is 2.20. The summed E-state index contributed by atoms with van der Waals surface area (Å²) in [6.07, 6.45) is 0.